The number of carbonyl (C=O) groups is 2. The van der Waals surface area contributed by atoms with E-state index >= 15 is 0 Å². The minimum Gasteiger partial charge on any atom is -0.482 e. The fourth-order valence-corrected chi connectivity index (χ4v) is 3.11. The molecule has 3 rings (SSSR count). The zero-order chi connectivity index (χ0) is 16.2. The quantitative estimate of drug-likeness (QED) is 0.908. The number of fused-ring (bicyclic) bond motifs is 1. The van der Waals surface area contributed by atoms with E-state index in [0.717, 1.165) is 15.6 Å². The van der Waals surface area contributed by atoms with Crippen molar-refractivity contribution < 1.29 is 14.3 Å². The van der Waals surface area contributed by atoms with Gasteiger partial charge in [0.2, 0.25) is 5.91 Å². The number of ether oxygens (including phenoxy) is 1. The van der Waals surface area contributed by atoms with Gasteiger partial charge in [-0.15, -0.1) is 11.3 Å². The van der Waals surface area contributed by atoms with Gasteiger partial charge in [-0.2, -0.15) is 0 Å². The zero-order valence-electron chi connectivity index (χ0n) is 12.7. The van der Waals surface area contributed by atoms with Crippen LogP contribution >= 0.6 is 11.3 Å². The first-order chi connectivity index (χ1) is 11.1. The number of thiazole rings is 1. The van der Waals surface area contributed by atoms with Crippen LogP contribution in [0, 0.1) is 6.92 Å². The smallest absolute Gasteiger partial charge is 0.265 e. The highest BCUT2D eigenvalue weighted by Gasteiger charge is 2.25. The van der Waals surface area contributed by atoms with Gasteiger partial charge in [0, 0.05) is 24.0 Å². The molecule has 0 fully saturated rings. The maximum atomic E-state index is 12.0. The third-order valence-electron chi connectivity index (χ3n) is 3.50. The molecule has 2 aromatic rings. The molecule has 2 heterocycles. The molecule has 0 atom stereocenters. The van der Waals surface area contributed by atoms with Gasteiger partial charge in [-0.3, -0.25) is 9.59 Å². The maximum absolute atomic E-state index is 12.0. The van der Waals surface area contributed by atoms with Gasteiger partial charge in [-0.05, 0) is 19.1 Å². The molecule has 23 heavy (non-hydrogen) atoms. The Hall–Kier alpha value is -2.41. The highest BCUT2D eigenvalue weighted by atomic mass is 32.1. The molecule has 0 spiro atoms. The number of para-hydroxylation sites is 2. The minimum atomic E-state index is -0.130. The van der Waals surface area contributed by atoms with E-state index < -0.39 is 0 Å². The summed E-state index contributed by atoms with van der Waals surface area (Å²) in [5.74, 6) is 0.454. The number of carbonyl (C=O) groups excluding carboxylic acids is 2. The van der Waals surface area contributed by atoms with Crippen molar-refractivity contribution in [3.8, 4) is 5.75 Å². The van der Waals surface area contributed by atoms with Gasteiger partial charge in [-0.1, -0.05) is 12.1 Å². The monoisotopic (exact) mass is 331 g/mol. The van der Waals surface area contributed by atoms with Crippen molar-refractivity contribution in [1.29, 1.82) is 0 Å². The van der Waals surface area contributed by atoms with E-state index in [1.807, 2.05) is 31.2 Å². The Bertz CT molecular complexity index is 729. The predicted octanol–water partition coefficient (Wildman–Crippen LogP) is 1.88. The third kappa shape index (κ3) is 3.68. The standard InChI is InChI=1S/C16H17N3O3S/c1-11-17-8-12(23-11)9-18-15(20)6-7-19-13-4-2-3-5-14(13)22-10-16(19)21/h2-5,8H,6-7,9-10H2,1H3,(H,18,20). The average molecular weight is 331 g/mol. The number of hydrogen-bond acceptors (Lipinski definition) is 5. The lowest BCUT2D eigenvalue weighted by Gasteiger charge is -2.29. The second-order valence-corrected chi connectivity index (χ2v) is 6.49. The molecular weight excluding hydrogens is 314 g/mol. The molecule has 1 aliphatic rings. The van der Waals surface area contributed by atoms with Crippen LogP contribution in [0.15, 0.2) is 30.5 Å². The summed E-state index contributed by atoms with van der Waals surface area (Å²) >= 11 is 1.56. The molecule has 1 aromatic heterocycles. The van der Waals surface area contributed by atoms with E-state index in [-0.39, 0.29) is 24.8 Å². The lowest BCUT2D eigenvalue weighted by molar-refractivity contribution is -0.122. The Morgan fingerprint density at radius 1 is 1.43 bits per heavy atom. The van der Waals surface area contributed by atoms with Gasteiger partial charge < -0.3 is 15.0 Å². The van der Waals surface area contributed by atoms with Crippen LogP contribution in [0.1, 0.15) is 16.3 Å². The van der Waals surface area contributed by atoms with Crippen LogP contribution in [0.3, 0.4) is 0 Å². The summed E-state index contributed by atoms with van der Waals surface area (Å²) in [6.07, 6.45) is 2.01. The zero-order valence-corrected chi connectivity index (χ0v) is 13.6. The van der Waals surface area contributed by atoms with Crippen LogP contribution in [0.25, 0.3) is 0 Å². The van der Waals surface area contributed by atoms with Crippen LogP contribution in [-0.4, -0.2) is 29.9 Å². The Balaban J connectivity index is 1.55. The summed E-state index contributed by atoms with van der Waals surface area (Å²) in [6.45, 7) is 2.75. The molecule has 1 aromatic carbocycles. The van der Waals surface area contributed by atoms with Crippen molar-refractivity contribution >= 4 is 28.8 Å². The van der Waals surface area contributed by atoms with Gasteiger partial charge in [0.15, 0.2) is 6.61 Å². The lowest BCUT2D eigenvalue weighted by atomic mass is 10.2. The molecule has 0 aliphatic carbocycles. The second kappa shape index (κ2) is 6.78. The first-order valence-corrected chi connectivity index (χ1v) is 8.15. The first kappa shape index (κ1) is 15.5. The van der Waals surface area contributed by atoms with E-state index in [1.54, 1.807) is 22.4 Å². The normalized spacial score (nSPS) is 13.4. The number of anilines is 1. The molecule has 2 amide bonds. The summed E-state index contributed by atoms with van der Waals surface area (Å²) in [6, 6.07) is 7.35. The van der Waals surface area contributed by atoms with Crippen LogP contribution in [-0.2, 0) is 16.1 Å². The van der Waals surface area contributed by atoms with E-state index in [9.17, 15) is 9.59 Å². The molecule has 0 saturated heterocycles. The Labute approximate surface area is 138 Å². The van der Waals surface area contributed by atoms with Crippen molar-refractivity contribution in [3.05, 3.63) is 40.3 Å². The highest BCUT2D eigenvalue weighted by Crippen LogP contribution is 2.31. The Kier molecular flexibility index (Phi) is 4.57. The van der Waals surface area contributed by atoms with E-state index in [4.69, 9.17) is 4.74 Å². The van der Waals surface area contributed by atoms with Gasteiger partial charge in [0.1, 0.15) is 5.75 Å². The van der Waals surface area contributed by atoms with Crippen LogP contribution in [0.4, 0.5) is 5.69 Å². The molecule has 0 saturated carbocycles. The third-order valence-corrected chi connectivity index (χ3v) is 4.41. The summed E-state index contributed by atoms with van der Waals surface area (Å²) < 4.78 is 5.38. The van der Waals surface area contributed by atoms with E-state index in [0.29, 0.717) is 18.8 Å². The molecule has 1 N–H and O–H groups in total. The van der Waals surface area contributed by atoms with Gasteiger partial charge in [0.25, 0.3) is 5.91 Å². The van der Waals surface area contributed by atoms with Crippen molar-refractivity contribution in [2.24, 2.45) is 0 Å². The second-order valence-electron chi connectivity index (χ2n) is 5.17. The number of nitrogens with one attached hydrogen (secondary N) is 1. The number of nitrogens with zero attached hydrogens (tertiary/aromatic N) is 2. The Morgan fingerprint density at radius 2 is 2.26 bits per heavy atom. The number of rotatable bonds is 5. The number of amides is 2. The van der Waals surface area contributed by atoms with Gasteiger partial charge in [0.05, 0.1) is 17.2 Å². The predicted molar refractivity (Wildman–Crippen MR) is 87.6 cm³/mol. The topological polar surface area (TPSA) is 71.5 Å². The van der Waals surface area contributed by atoms with Gasteiger partial charge in [-0.25, -0.2) is 4.98 Å². The highest BCUT2D eigenvalue weighted by molar-refractivity contribution is 7.11. The van der Waals surface area contributed by atoms with Crippen LogP contribution in [0.5, 0.6) is 5.75 Å². The molecule has 0 unspecified atom stereocenters. The summed E-state index contributed by atoms with van der Waals surface area (Å²) in [5.41, 5.74) is 0.717. The molecule has 0 radical (unpaired) electrons. The average Bonchev–Trinajstić information content (AvgIpc) is 2.97. The van der Waals surface area contributed by atoms with E-state index in [1.165, 1.54) is 0 Å². The minimum absolute atomic E-state index is 0.0127. The Morgan fingerprint density at radius 3 is 3.04 bits per heavy atom. The summed E-state index contributed by atoms with van der Waals surface area (Å²) in [5, 5.41) is 3.83. The fraction of sp³-hybridized carbons (Fsp3) is 0.312. The SMILES string of the molecule is Cc1ncc(CNC(=O)CCN2C(=O)COc3ccccc32)s1. The van der Waals surface area contributed by atoms with Crippen LogP contribution in [0.2, 0.25) is 0 Å². The molecular formula is C16H17N3O3S. The number of benzene rings is 1. The van der Waals surface area contributed by atoms with Gasteiger partial charge >= 0.3 is 0 Å². The number of aromatic nitrogens is 1. The van der Waals surface area contributed by atoms with Crippen molar-refractivity contribution in [3.63, 3.8) is 0 Å². The summed E-state index contributed by atoms with van der Waals surface area (Å²) in [4.78, 5) is 30.8. The maximum Gasteiger partial charge on any atom is 0.265 e. The number of aryl methyl sites for hydroxylation is 1. The van der Waals surface area contributed by atoms with Crippen molar-refractivity contribution in [2.45, 2.75) is 19.9 Å². The van der Waals surface area contributed by atoms with Crippen molar-refractivity contribution in [1.82, 2.24) is 10.3 Å². The molecule has 0 bridgehead atoms. The fourth-order valence-electron chi connectivity index (χ4n) is 2.37. The first-order valence-electron chi connectivity index (χ1n) is 7.33. The lowest BCUT2D eigenvalue weighted by Crippen LogP contribution is -2.41. The molecule has 7 heteroatoms. The molecule has 120 valence electrons. The molecule has 6 nitrogen and oxygen atoms in total. The largest absolute Gasteiger partial charge is 0.482 e. The summed E-state index contributed by atoms with van der Waals surface area (Å²) in [7, 11) is 0. The van der Waals surface area contributed by atoms with Crippen LogP contribution < -0.4 is 15.0 Å². The number of hydrogen-bond donors (Lipinski definition) is 1. The molecule has 1 aliphatic heterocycles. The van der Waals surface area contributed by atoms with Crippen molar-refractivity contribution in [2.75, 3.05) is 18.1 Å². The van der Waals surface area contributed by atoms with E-state index in [2.05, 4.69) is 10.3 Å².